The molecule has 0 spiro atoms. The molecule has 3 aromatic rings. The molecule has 0 aliphatic heterocycles. The van der Waals surface area contributed by atoms with Crippen LogP contribution in [0, 0.1) is 5.82 Å². The molecule has 0 aliphatic carbocycles. The summed E-state index contributed by atoms with van der Waals surface area (Å²) in [5.74, 6) is -2.80. The molecule has 12 nitrogen and oxygen atoms in total. The standard InChI is InChI=1S/C20H20Cl2F4N3O9PS3/c21-15-11-8-14(40-19(11)16(22)18(37-6-4-28)17(15)36-5-3-27)42(34,35)29-9-39(30,31)38-10-1-2-13(12(23)7-10)41(32,33)20(24,25)26/h1-2,7-8,29H,3-6,9,27-28H2,(H,30,31). The number of hydrogen-bond acceptors (Lipinski definition) is 11. The average molecular weight is 720 g/mol. The second-order valence-electron chi connectivity index (χ2n) is 7.94. The summed E-state index contributed by atoms with van der Waals surface area (Å²) in [7, 11) is -15.6. The average Bonchev–Trinajstić information content (AvgIpc) is 3.35. The topological polar surface area (TPSA) is 197 Å². The molecule has 0 saturated heterocycles. The van der Waals surface area contributed by atoms with Gasteiger partial charge in [-0.3, -0.25) is 0 Å². The third-order valence-electron chi connectivity index (χ3n) is 4.94. The van der Waals surface area contributed by atoms with Gasteiger partial charge in [-0.1, -0.05) is 23.2 Å². The van der Waals surface area contributed by atoms with Crippen molar-refractivity contribution in [2.75, 3.05) is 32.6 Å². The van der Waals surface area contributed by atoms with E-state index in [1.807, 2.05) is 4.72 Å². The molecular weight excluding hydrogens is 700 g/mol. The van der Waals surface area contributed by atoms with Gasteiger partial charge < -0.3 is 30.4 Å². The van der Waals surface area contributed by atoms with E-state index >= 15 is 0 Å². The summed E-state index contributed by atoms with van der Waals surface area (Å²) in [6.45, 7) is 0.217. The van der Waals surface area contributed by atoms with E-state index in [1.165, 1.54) is 0 Å². The third-order valence-corrected chi connectivity index (χ3v) is 11.6. The molecule has 1 atom stereocenters. The second kappa shape index (κ2) is 13.0. The number of hydrogen-bond donors (Lipinski definition) is 4. The highest BCUT2D eigenvalue weighted by molar-refractivity contribution is 7.92. The van der Waals surface area contributed by atoms with Gasteiger partial charge in [0.15, 0.2) is 11.5 Å². The minimum Gasteiger partial charge on any atom is -0.487 e. The first kappa shape index (κ1) is 34.6. The Labute approximate surface area is 249 Å². The molecule has 0 aliphatic rings. The highest BCUT2D eigenvalue weighted by Crippen LogP contribution is 2.51. The van der Waals surface area contributed by atoms with E-state index in [4.69, 9.17) is 44.1 Å². The van der Waals surface area contributed by atoms with Crippen LogP contribution < -0.4 is 30.2 Å². The summed E-state index contributed by atoms with van der Waals surface area (Å²) >= 11 is 13.5. The zero-order valence-electron chi connectivity index (χ0n) is 20.7. The van der Waals surface area contributed by atoms with Crippen molar-refractivity contribution in [1.29, 1.82) is 0 Å². The number of alkyl halides is 3. The van der Waals surface area contributed by atoms with Crippen LogP contribution in [-0.4, -0.2) is 59.8 Å². The van der Waals surface area contributed by atoms with Crippen molar-refractivity contribution in [1.82, 2.24) is 4.72 Å². The summed E-state index contributed by atoms with van der Waals surface area (Å²) < 4.78 is 131. The maximum atomic E-state index is 14.1. The largest absolute Gasteiger partial charge is 0.502 e. The number of ether oxygens (including phenoxy) is 2. The first-order valence-corrected chi connectivity index (χ1v) is 17.4. The number of benzene rings is 2. The van der Waals surface area contributed by atoms with Crippen molar-refractivity contribution in [2.45, 2.75) is 14.6 Å². The van der Waals surface area contributed by atoms with Crippen LogP contribution in [0.5, 0.6) is 17.2 Å². The van der Waals surface area contributed by atoms with Crippen molar-refractivity contribution >= 4 is 72.1 Å². The molecule has 2 aromatic carbocycles. The molecule has 0 saturated carbocycles. The summed E-state index contributed by atoms with van der Waals surface area (Å²) in [4.78, 5) is 8.34. The molecule has 0 amide bonds. The van der Waals surface area contributed by atoms with E-state index in [9.17, 15) is 43.9 Å². The van der Waals surface area contributed by atoms with Crippen molar-refractivity contribution in [2.24, 2.45) is 11.5 Å². The maximum Gasteiger partial charge on any atom is 0.502 e. The van der Waals surface area contributed by atoms with Crippen LogP contribution in [0.3, 0.4) is 0 Å². The summed E-state index contributed by atoms with van der Waals surface area (Å²) in [6, 6.07) is 1.90. The van der Waals surface area contributed by atoms with Gasteiger partial charge in [0.05, 0.1) is 9.72 Å². The first-order chi connectivity index (χ1) is 19.4. The van der Waals surface area contributed by atoms with Crippen molar-refractivity contribution in [3.05, 3.63) is 40.1 Å². The van der Waals surface area contributed by atoms with E-state index in [0.29, 0.717) is 17.4 Å². The minimum atomic E-state index is -6.06. The monoisotopic (exact) mass is 719 g/mol. The SMILES string of the molecule is NCCOc1c(OCCN)c(Cl)c2sc(S(=O)(=O)NCP(=O)(O)Oc3ccc(S(=O)(=O)C(F)(F)F)c(F)c3)cc2c1Cl. The lowest BCUT2D eigenvalue weighted by Crippen LogP contribution is -2.25. The zero-order valence-corrected chi connectivity index (χ0v) is 25.5. The molecule has 1 heterocycles. The van der Waals surface area contributed by atoms with Crippen LogP contribution in [-0.2, 0) is 24.4 Å². The van der Waals surface area contributed by atoms with Crippen LogP contribution in [0.4, 0.5) is 17.6 Å². The maximum absolute atomic E-state index is 14.1. The molecule has 3 rings (SSSR count). The van der Waals surface area contributed by atoms with Crippen LogP contribution in [0.2, 0.25) is 10.0 Å². The Bertz CT molecular complexity index is 1710. The Morgan fingerprint density at radius 1 is 1.00 bits per heavy atom. The lowest BCUT2D eigenvalue weighted by molar-refractivity contribution is -0.0437. The molecule has 22 heteroatoms. The lowest BCUT2D eigenvalue weighted by atomic mass is 10.2. The van der Waals surface area contributed by atoms with Crippen LogP contribution in [0.15, 0.2) is 33.4 Å². The van der Waals surface area contributed by atoms with Gasteiger partial charge in [0.1, 0.15) is 45.2 Å². The number of thiophene rings is 1. The van der Waals surface area contributed by atoms with Crippen LogP contribution >= 0.6 is 42.1 Å². The predicted molar refractivity (Wildman–Crippen MR) is 146 cm³/mol. The number of sulfone groups is 1. The quantitative estimate of drug-likeness (QED) is 0.148. The van der Waals surface area contributed by atoms with Gasteiger partial charge in [0.2, 0.25) is 0 Å². The van der Waals surface area contributed by atoms with Gasteiger partial charge in [-0.15, -0.1) is 11.3 Å². The number of nitrogens with two attached hydrogens (primary N) is 2. The number of sulfonamides is 1. The highest BCUT2D eigenvalue weighted by Gasteiger charge is 2.48. The van der Waals surface area contributed by atoms with Gasteiger partial charge in [0, 0.05) is 24.5 Å². The van der Waals surface area contributed by atoms with E-state index in [-0.39, 0.29) is 70.1 Å². The van der Waals surface area contributed by atoms with Gasteiger partial charge in [-0.2, -0.15) is 17.9 Å². The Kier molecular flexibility index (Phi) is 10.7. The number of halogens is 6. The number of rotatable bonds is 13. The lowest BCUT2D eigenvalue weighted by Gasteiger charge is -2.16. The first-order valence-electron chi connectivity index (χ1n) is 11.1. The molecule has 234 valence electrons. The van der Waals surface area contributed by atoms with Crippen molar-refractivity contribution < 1.29 is 57.9 Å². The predicted octanol–water partition coefficient (Wildman–Crippen LogP) is 3.82. The fraction of sp³-hybridized carbons (Fsp3) is 0.300. The normalized spacial score (nSPS) is 14.1. The van der Waals surface area contributed by atoms with E-state index in [2.05, 4.69) is 4.52 Å². The van der Waals surface area contributed by atoms with Crippen LogP contribution in [0.25, 0.3) is 10.1 Å². The Morgan fingerprint density at radius 2 is 1.57 bits per heavy atom. The van der Waals surface area contributed by atoms with Crippen molar-refractivity contribution in [3.63, 3.8) is 0 Å². The Hall–Kier alpha value is -1.93. The zero-order chi connectivity index (χ0) is 31.7. The third kappa shape index (κ3) is 7.40. The smallest absolute Gasteiger partial charge is 0.487 e. The molecule has 0 fully saturated rings. The molecular formula is C20H20Cl2F4N3O9PS3. The summed E-state index contributed by atoms with van der Waals surface area (Å²) in [5.41, 5.74) is 5.13. The van der Waals surface area contributed by atoms with Gasteiger partial charge >= 0.3 is 13.1 Å². The van der Waals surface area contributed by atoms with Crippen LogP contribution in [0.1, 0.15) is 0 Å². The molecule has 0 radical (unpaired) electrons. The van der Waals surface area contributed by atoms with E-state index in [0.717, 1.165) is 6.07 Å². The Balaban J connectivity index is 1.86. The van der Waals surface area contributed by atoms with E-state index < -0.39 is 59.9 Å². The fourth-order valence-electron chi connectivity index (χ4n) is 3.15. The van der Waals surface area contributed by atoms with Gasteiger partial charge in [-0.25, -0.2) is 25.8 Å². The minimum absolute atomic E-state index is 0.00788. The van der Waals surface area contributed by atoms with Gasteiger partial charge in [0.25, 0.3) is 19.9 Å². The molecule has 0 bridgehead atoms. The molecule has 6 N–H and O–H groups in total. The number of fused-ring (bicyclic) bond motifs is 1. The van der Waals surface area contributed by atoms with E-state index in [1.54, 1.807) is 0 Å². The number of nitrogens with one attached hydrogen (secondary N) is 1. The molecule has 1 unspecified atom stereocenters. The van der Waals surface area contributed by atoms with Crippen molar-refractivity contribution in [3.8, 4) is 17.2 Å². The summed E-state index contributed by atoms with van der Waals surface area (Å²) in [6.07, 6.45) is -1.29. The second-order valence-corrected chi connectivity index (χ2v) is 15.4. The molecule has 42 heavy (non-hydrogen) atoms. The summed E-state index contributed by atoms with van der Waals surface area (Å²) in [5, 5.41) is 0.00390. The fourth-order valence-corrected chi connectivity index (χ4v) is 8.61. The highest BCUT2D eigenvalue weighted by atomic mass is 35.5. The van der Waals surface area contributed by atoms with Gasteiger partial charge in [-0.05, 0) is 18.2 Å². The Morgan fingerprint density at radius 3 is 2.10 bits per heavy atom. The molecule has 1 aromatic heterocycles.